The molecule has 3 aromatic rings. The highest BCUT2D eigenvalue weighted by molar-refractivity contribution is 6.10. The molecule has 1 aliphatic rings. The van der Waals surface area contributed by atoms with Gasteiger partial charge in [0.1, 0.15) is 17.8 Å². The Kier molecular flexibility index (Phi) is 7.56. The lowest BCUT2D eigenvalue weighted by molar-refractivity contribution is -0.137. The predicted molar refractivity (Wildman–Crippen MR) is 125 cm³/mol. The summed E-state index contributed by atoms with van der Waals surface area (Å²) in [4.78, 5) is 41.4. The van der Waals surface area contributed by atoms with Gasteiger partial charge in [-0.2, -0.15) is 15.1 Å². The molecule has 15 heteroatoms. The number of fused-ring (bicyclic) bond motifs is 1. The van der Waals surface area contributed by atoms with Gasteiger partial charge >= 0.3 is 11.9 Å². The fourth-order valence-electron chi connectivity index (χ4n) is 3.56. The maximum absolute atomic E-state index is 12.1. The van der Waals surface area contributed by atoms with Crippen LogP contribution in [0.15, 0.2) is 35.5 Å². The van der Waals surface area contributed by atoms with Gasteiger partial charge in [0.25, 0.3) is 5.95 Å². The van der Waals surface area contributed by atoms with Gasteiger partial charge in [-0.15, -0.1) is 0 Å². The van der Waals surface area contributed by atoms with Crippen LogP contribution in [0.4, 0.5) is 5.82 Å². The lowest BCUT2D eigenvalue weighted by atomic mass is 10.1. The molecule has 1 aliphatic heterocycles. The van der Waals surface area contributed by atoms with Crippen LogP contribution in [0.1, 0.15) is 37.4 Å². The highest BCUT2D eigenvalue weighted by atomic mass is 16.6. The number of aliphatic hydroxyl groups excluding tert-OH is 3. The number of hydrogen-bond acceptors (Lipinski definition) is 13. The number of aromatic nitrogens is 6. The van der Waals surface area contributed by atoms with Crippen molar-refractivity contribution < 1.29 is 39.1 Å². The summed E-state index contributed by atoms with van der Waals surface area (Å²) in [5.41, 5.74) is 0.221. The molecule has 0 saturated carbocycles. The van der Waals surface area contributed by atoms with Crippen LogP contribution in [0.2, 0.25) is 0 Å². The number of carbonyl (C=O) groups excluding carboxylic acids is 2. The van der Waals surface area contributed by atoms with Gasteiger partial charge in [0.15, 0.2) is 23.2 Å². The maximum Gasteiger partial charge on any atom is 0.342 e. The van der Waals surface area contributed by atoms with Crippen molar-refractivity contribution in [2.45, 2.75) is 45.3 Å². The number of ether oxygens (including phenoxy) is 3. The fourth-order valence-corrected chi connectivity index (χ4v) is 3.56. The third-order valence-corrected chi connectivity index (χ3v) is 5.42. The van der Waals surface area contributed by atoms with E-state index in [1.165, 1.54) is 28.0 Å². The molecule has 0 spiro atoms. The van der Waals surface area contributed by atoms with Crippen molar-refractivity contribution in [1.82, 2.24) is 29.3 Å². The van der Waals surface area contributed by atoms with Gasteiger partial charge in [0, 0.05) is 12.4 Å². The van der Waals surface area contributed by atoms with Crippen LogP contribution in [0, 0.1) is 0 Å². The standard InChI is InChI=1S/C22H25N7O8/c1-4-35-20(33)12-7-25-29(8-12)22-26-17(23-6-13(9-30)21(34)36-5-2)14-18(27-22)28(10-24-14)19-16(32)15(31)11(3)37-19/h6-11,15-16,19,30-32H,4-5H2,1-3H3/b13-9-,23-6+/t11-,15-,16-,19-/m1/s1. The molecule has 37 heavy (non-hydrogen) atoms. The second-order valence-corrected chi connectivity index (χ2v) is 7.84. The van der Waals surface area contributed by atoms with Crippen molar-refractivity contribution in [3.8, 4) is 5.95 Å². The van der Waals surface area contributed by atoms with Crippen LogP contribution in [-0.4, -0.2) is 94.3 Å². The number of rotatable bonds is 8. The van der Waals surface area contributed by atoms with Crippen LogP contribution in [-0.2, 0) is 19.0 Å². The Morgan fingerprint density at radius 2 is 1.95 bits per heavy atom. The summed E-state index contributed by atoms with van der Waals surface area (Å²) in [6.07, 6.45) is 1.48. The van der Waals surface area contributed by atoms with Gasteiger partial charge in [-0.1, -0.05) is 0 Å². The third-order valence-electron chi connectivity index (χ3n) is 5.42. The Balaban J connectivity index is 1.82. The molecule has 1 fully saturated rings. The molecule has 0 unspecified atom stereocenters. The second kappa shape index (κ2) is 10.8. The molecule has 15 nitrogen and oxygen atoms in total. The van der Waals surface area contributed by atoms with Crippen molar-refractivity contribution in [1.29, 1.82) is 0 Å². The predicted octanol–water partition coefficient (Wildman–Crippen LogP) is 0.535. The summed E-state index contributed by atoms with van der Waals surface area (Å²) >= 11 is 0. The van der Waals surface area contributed by atoms with E-state index in [0.717, 1.165) is 6.21 Å². The molecule has 3 aromatic heterocycles. The Bertz CT molecular complexity index is 1360. The summed E-state index contributed by atoms with van der Waals surface area (Å²) in [6.45, 7) is 5.17. The Labute approximate surface area is 209 Å². The first-order valence-corrected chi connectivity index (χ1v) is 11.3. The summed E-state index contributed by atoms with van der Waals surface area (Å²) in [5, 5.41) is 34.2. The number of hydrogen-bond donors (Lipinski definition) is 3. The van der Waals surface area contributed by atoms with Crippen LogP contribution in [0.5, 0.6) is 0 Å². The first kappa shape index (κ1) is 25.9. The van der Waals surface area contributed by atoms with E-state index < -0.39 is 36.5 Å². The summed E-state index contributed by atoms with van der Waals surface area (Å²) in [6, 6.07) is 0. The van der Waals surface area contributed by atoms with E-state index in [-0.39, 0.29) is 47.3 Å². The SMILES string of the molecule is CCOC(=O)C(=C\O)/C=N/c1nc(-n2cc(C(=O)OCC)cn2)nc2c1ncn2[C@@H]1O[C@H](C)[C@@H](O)[C@H]1O. The van der Waals surface area contributed by atoms with Crippen LogP contribution < -0.4 is 0 Å². The molecule has 196 valence electrons. The molecule has 3 N–H and O–H groups in total. The van der Waals surface area contributed by atoms with E-state index in [0.29, 0.717) is 6.26 Å². The van der Waals surface area contributed by atoms with E-state index in [9.17, 15) is 24.9 Å². The van der Waals surface area contributed by atoms with E-state index in [4.69, 9.17) is 14.2 Å². The smallest absolute Gasteiger partial charge is 0.342 e. The topological polar surface area (TPSA) is 196 Å². The summed E-state index contributed by atoms with van der Waals surface area (Å²) in [5.74, 6) is -1.46. The Hall–Kier alpha value is -4.21. The van der Waals surface area contributed by atoms with Crippen LogP contribution in [0.25, 0.3) is 17.1 Å². The molecule has 4 atom stereocenters. The van der Waals surface area contributed by atoms with Gasteiger partial charge in [0.2, 0.25) is 0 Å². The second-order valence-electron chi connectivity index (χ2n) is 7.84. The Morgan fingerprint density at radius 3 is 2.59 bits per heavy atom. The highest BCUT2D eigenvalue weighted by Crippen LogP contribution is 2.33. The first-order valence-electron chi connectivity index (χ1n) is 11.3. The minimum absolute atomic E-state index is 0.0309. The quantitative estimate of drug-likeness (QED) is 0.163. The number of aliphatic hydroxyl groups is 3. The van der Waals surface area contributed by atoms with Crippen molar-refractivity contribution in [3.63, 3.8) is 0 Å². The van der Waals surface area contributed by atoms with Crippen LogP contribution >= 0.6 is 0 Å². The summed E-state index contributed by atoms with van der Waals surface area (Å²) in [7, 11) is 0. The minimum atomic E-state index is -1.27. The van der Waals surface area contributed by atoms with E-state index >= 15 is 0 Å². The molecule has 0 aromatic carbocycles. The number of imidazole rings is 1. The molecule has 0 bridgehead atoms. The molecular formula is C22H25N7O8. The van der Waals surface area contributed by atoms with E-state index in [2.05, 4.69) is 25.0 Å². The van der Waals surface area contributed by atoms with Gasteiger partial charge in [-0.25, -0.2) is 24.2 Å². The Morgan fingerprint density at radius 1 is 1.19 bits per heavy atom. The van der Waals surface area contributed by atoms with Crippen molar-refractivity contribution in [2.75, 3.05) is 13.2 Å². The molecule has 4 heterocycles. The zero-order valence-electron chi connectivity index (χ0n) is 20.1. The minimum Gasteiger partial charge on any atom is -0.515 e. The van der Waals surface area contributed by atoms with Crippen molar-refractivity contribution >= 4 is 35.1 Å². The average molecular weight is 515 g/mol. The zero-order chi connectivity index (χ0) is 26.7. The molecule has 0 radical (unpaired) electrons. The third kappa shape index (κ3) is 5.04. The summed E-state index contributed by atoms with van der Waals surface area (Å²) < 4.78 is 18.2. The van der Waals surface area contributed by atoms with Crippen LogP contribution in [0.3, 0.4) is 0 Å². The van der Waals surface area contributed by atoms with Gasteiger partial charge < -0.3 is 29.5 Å². The average Bonchev–Trinajstić information content (AvgIpc) is 3.60. The normalized spacial score (nSPS) is 22.1. The maximum atomic E-state index is 12.1. The van der Waals surface area contributed by atoms with E-state index in [1.54, 1.807) is 20.8 Å². The first-order chi connectivity index (χ1) is 17.8. The number of esters is 2. The molecule has 0 aliphatic carbocycles. The molecule has 4 rings (SSSR count). The molecule has 0 amide bonds. The van der Waals surface area contributed by atoms with Gasteiger partial charge in [-0.05, 0) is 20.8 Å². The van der Waals surface area contributed by atoms with Gasteiger partial charge in [-0.3, -0.25) is 4.57 Å². The highest BCUT2D eigenvalue weighted by Gasteiger charge is 2.42. The number of carbonyl (C=O) groups is 2. The lowest BCUT2D eigenvalue weighted by Gasteiger charge is -2.16. The molecular weight excluding hydrogens is 490 g/mol. The van der Waals surface area contributed by atoms with Crippen molar-refractivity contribution in [3.05, 3.63) is 36.1 Å². The van der Waals surface area contributed by atoms with Gasteiger partial charge in [0.05, 0.1) is 43.7 Å². The largest absolute Gasteiger partial charge is 0.515 e. The monoisotopic (exact) mass is 515 g/mol. The fraction of sp³-hybridized carbons (Fsp3) is 0.409. The lowest BCUT2D eigenvalue weighted by Crippen LogP contribution is -2.30. The molecule has 1 saturated heterocycles. The van der Waals surface area contributed by atoms with Crippen molar-refractivity contribution in [2.24, 2.45) is 4.99 Å². The number of nitrogens with zero attached hydrogens (tertiary/aromatic N) is 7. The zero-order valence-corrected chi connectivity index (χ0v) is 20.1. The number of aliphatic imine (C=N–C) groups is 1. The van der Waals surface area contributed by atoms with E-state index in [1.807, 2.05) is 0 Å².